The van der Waals surface area contributed by atoms with E-state index in [-0.39, 0.29) is 12.4 Å². The summed E-state index contributed by atoms with van der Waals surface area (Å²) in [6, 6.07) is 8.41. The van der Waals surface area contributed by atoms with Crippen LogP contribution in [0, 0.1) is 0 Å². The average Bonchev–Trinajstić information content (AvgIpc) is 2.60. The minimum Gasteiger partial charge on any atom is -0.506 e. The average molecular weight is 506 g/mol. The van der Waals surface area contributed by atoms with Gasteiger partial charge in [-0.25, -0.2) is 4.98 Å². The zero-order chi connectivity index (χ0) is 18.0. The van der Waals surface area contributed by atoms with E-state index in [1.165, 1.54) is 0 Å². The second kappa shape index (κ2) is 7.86. The van der Waals surface area contributed by atoms with Crippen molar-refractivity contribution in [3.8, 4) is 22.8 Å². The third-order valence-electron chi connectivity index (χ3n) is 3.17. The number of rotatable bonds is 4. The van der Waals surface area contributed by atoms with Gasteiger partial charge < -0.3 is 9.84 Å². The predicted molar refractivity (Wildman–Crippen MR) is 103 cm³/mol. The van der Waals surface area contributed by atoms with Crippen LogP contribution in [0.1, 0.15) is 5.82 Å². The van der Waals surface area contributed by atoms with Gasteiger partial charge in [0.15, 0.2) is 5.82 Å². The molecule has 1 heterocycles. The number of hydrogen-bond acceptors (Lipinski definition) is 5. The number of aromatic nitrogens is 3. The molecule has 25 heavy (non-hydrogen) atoms. The van der Waals surface area contributed by atoms with Gasteiger partial charge >= 0.3 is 0 Å². The molecule has 0 bridgehead atoms. The first-order chi connectivity index (χ1) is 11.9. The fourth-order valence-corrected chi connectivity index (χ4v) is 3.46. The molecule has 0 aliphatic carbocycles. The molecule has 0 atom stereocenters. The van der Waals surface area contributed by atoms with Gasteiger partial charge in [0.25, 0.3) is 0 Å². The van der Waals surface area contributed by atoms with Gasteiger partial charge in [-0.3, -0.25) is 0 Å². The molecule has 0 amide bonds. The number of benzene rings is 2. The van der Waals surface area contributed by atoms with Crippen LogP contribution in [0.3, 0.4) is 0 Å². The highest BCUT2D eigenvalue weighted by Gasteiger charge is 2.10. The maximum atomic E-state index is 9.76. The first-order valence-corrected chi connectivity index (χ1v) is 9.23. The van der Waals surface area contributed by atoms with E-state index in [1.54, 1.807) is 36.5 Å². The van der Waals surface area contributed by atoms with Crippen LogP contribution in [0.15, 0.2) is 45.5 Å². The number of phenols is 1. The largest absolute Gasteiger partial charge is 0.506 e. The van der Waals surface area contributed by atoms with Crippen molar-refractivity contribution >= 4 is 55.1 Å². The third kappa shape index (κ3) is 4.41. The number of ether oxygens (including phenoxy) is 1. The van der Waals surface area contributed by atoms with E-state index in [9.17, 15) is 5.11 Å². The Labute approximate surface area is 170 Å². The fraction of sp³-hybridized carbons (Fsp3) is 0.0625. The van der Waals surface area contributed by atoms with Gasteiger partial charge in [0.2, 0.25) is 0 Å². The van der Waals surface area contributed by atoms with Gasteiger partial charge in [0.1, 0.15) is 23.8 Å². The summed E-state index contributed by atoms with van der Waals surface area (Å²) in [6.07, 6.45) is 1.58. The Hall–Kier alpha value is -1.41. The van der Waals surface area contributed by atoms with E-state index >= 15 is 0 Å². The maximum absolute atomic E-state index is 9.76. The van der Waals surface area contributed by atoms with Gasteiger partial charge in [-0.15, -0.1) is 10.2 Å². The molecule has 5 nitrogen and oxygen atoms in total. The van der Waals surface area contributed by atoms with Gasteiger partial charge in [-0.1, -0.05) is 23.2 Å². The highest BCUT2D eigenvalue weighted by molar-refractivity contribution is 9.11. The van der Waals surface area contributed by atoms with Gasteiger partial charge in [0.05, 0.1) is 20.2 Å². The monoisotopic (exact) mass is 503 g/mol. The van der Waals surface area contributed by atoms with Crippen LogP contribution < -0.4 is 4.74 Å². The van der Waals surface area contributed by atoms with Crippen LogP contribution in [0.25, 0.3) is 11.3 Å². The standard InChI is InChI=1S/C16H9Br2Cl2N3O2/c17-10-3-8(4-11(18)16(10)24)13-6-21-15(23-22-13)7-25-14-5-9(19)1-2-12(14)20/h1-6,24H,7H2. The Balaban J connectivity index is 1.75. The molecule has 1 N–H and O–H groups in total. The van der Waals surface area contributed by atoms with Gasteiger partial charge in [-0.2, -0.15) is 0 Å². The van der Waals surface area contributed by atoms with Crippen molar-refractivity contribution in [2.75, 3.05) is 0 Å². The van der Waals surface area contributed by atoms with Crippen molar-refractivity contribution in [3.05, 3.63) is 61.3 Å². The summed E-state index contributed by atoms with van der Waals surface area (Å²) in [4.78, 5) is 4.24. The van der Waals surface area contributed by atoms with E-state index in [1.807, 2.05) is 0 Å². The van der Waals surface area contributed by atoms with E-state index in [0.717, 1.165) is 5.56 Å². The Kier molecular flexibility index (Phi) is 5.78. The van der Waals surface area contributed by atoms with E-state index in [2.05, 4.69) is 47.0 Å². The SMILES string of the molecule is Oc1c(Br)cc(-c2cnc(COc3cc(Cl)ccc3Cl)nn2)cc1Br. The minimum atomic E-state index is 0.107. The topological polar surface area (TPSA) is 68.1 Å². The molecule has 3 aromatic rings. The summed E-state index contributed by atoms with van der Waals surface area (Å²) >= 11 is 18.5. The van der Waals surface area contributed by atoms with Crippen molar-refractivity contribution in [3.63, 3.8) is 0 Å². The quantitative estimate of drug-likeness (QED) is 0.496. The van der Waals surface area contributed by atoms with Gasteiger partial charge in [0, 0.05) is 16.7 Å². The molecule has 1 aromatic heterocycles. The lowest BCUT2D eigenvalue weighted by atomic mass is 10.1. The highest BCUT2D eigenvalue weighted by atomic mass is 79.9. The summed E-state index contributed by atoms with van der Waals surface area (Å²) in [7, 11) is 0. The number of halogens is 4. The molecule has 0 fully saturated rings. The Morgan fingerprint density at radius 3 is 2.40 bits per heavy atom. The third-order valence-corrected chi connectivity index (χ3v) is 4.93. The molecule has 0 aliphatic heterocycles. The second-order valence-corrected chi connectivity index (χ2v) is 7.46. The smallest absolute Gasteiger partial charge is 0.188 e. The van der Waals surface area contributed by atoms with Gasteiger partial charge in [-0.05, 0) is 56.1 Å². The zero-order valence-corrected chi connectivity index (χ0v) is 17.1. The van der Waals surface area contributed by atoms with Crippen molar-refractivity contribution in [1.82, 2.24) is 15.2 Å². The summed E-state index contributed by atoms with van der Waals surface area (Å²) in [5.41, 5.74) is 1.31. The second-order valence-electron chi connectivity index (χ2n) is 4.91. The molecule has 0 spiro atoms. The summed E-state index contributed by atoms with van der Waals surface area (Å²) in [5, 5.41) is 18.9. The van der Waals surface area contributed by atoms with Crippen molar-refractivity contribution in [2.45, 2.75) is 6.61 Å². The molecular weight excluding hydrogens is 497 g/mol. The normalized spacial score (nSPS) is 10.7. The number of phenolic OH excluding ortho intramolecular Hbond substituents is 1. The molecule has 9 heteroatoms. The molecule has 0 saturated heterocycles. The summed E-state index contributed by atoms with van der Waals surface area (Å²) in [5.74, 6) is 0.970. The number of hydrogen-bond donors (Lipinski definition) is 1. The molecule has 128 valence electrons. The maximum Gasteiger partial charge on any atom is 0.188 e. The first-order valence-electron chi connectivity index (χ1n) is 6.89. The molecular formula is C16H9Br2Cl2N3O2. The lowest BCUT2D eigenvalue weighted by Crippen LogP contribution is -2.04. The Morgan fingerprint density at radius 2 is 1.76 bits per heavy atom. The molecule has 0 radical (unpaired) electrons. The van der Waals surface area contributed by atoms with Crippen LogP contribution in [0.5, 0.6) is 11.5 Å². The molecule has 3 rings (SSSR count). The first kappa shape index (κ1) is 18.4. The van der Waals surface area contributed by atoms with Crippen molar-refractivity contribution in [2.24, 2.45) is 0 Å². The summed E-state index contributed by atoms with van der Waals surface area (Å²) < 4.78 is 6.66. The van der Waals surface area contributed by atoms with Crippen LogP contribution in [0.4, 0.5) is 0 Å². The van der Waals surface area contributed by atoms with E-state index < -0.39 is 0 Å². The van der Waals surface area contributed by atoms with Crippen molar-refractivity contribution in [1.29, 1.82) is 0 Å². The van der Waals surface area contributed by atoms with Crippen LogP contribution >= 0.6 is 55.1 Å². The molecule has 0 unspecified atom stereocenters. The molecule has 2 aromatic carbocycles. The van der Waals surface area contributed by atoms with E-state index in [0.29, 0.717) is 36.3 Å². The van der Waals surface area contributed by atoms with Crippen molar-refractivity contribution < 1.29 is 9.84 Å². The minimum absolute atomic E-state index is 0.107. The van der Waals surface area contributed by atoms with Crippen LogP contribution in [0.2, 0.25) is 10.0 Å². The lowest BCUT2D eigenvalue weighted by Gasteiger charge is -2.08. The Bertz CT molecular complexity index is 901. The molecule has 0 aliphatic rings. The lowest BCUT2D eigenvalue weighted by molar-refractivity contribution is 0.294. The zero-order valence-electron chi connectivity index (χ0n) is 12.4. The number of nitrogens with zero attached hydrogens (tertiary/aromatic N) is 3. The fourth-order valence-electron chi connectivity index (χ4n) is 1.94. The van der Waals surface area contributed by atoms with E-state index in [4.69, 9.17) is 27.9 Å². The molecule has 0 saturated carbocycles. The predicted octanol–water partition coefficient (Wildman–Crippen LogP) is 5.66. The van der Waals surface area contributed by atoms with Crippen LogP contribution in [-0.2, 0) is 6.61 Å². The summed E-state index contributed by atoms with van der Waals surface area (Å²) in [6.45, 7) is 0.107. The number of aromatic hydroxyl groups is 1. The Morgan fingerprint density at radius 1 is 1.04 bits per heavy atom. The van der Waals surface area contributed by atoms with Crippen LogP contribution in [-0.4, -0.2) is 20.3 Å². The highest BCUT2D eigenvalue weighted by Crippen LogP contribution is 2.36.